The summed E-state index contributed by atoms with van der Waals surface area (Å²) in [4.78, 5) is 4.77. The SMILES string of the molecule is S=C(NC(c1ccccc1)c1ccccc1)N1CCN(C/C=C\c2ccccc2)CC1. The number of hydrogen-bond acceptors (Lipinski definition) is 2. The smallest absolute Gasteiger partial charge is 0.169 e. The van der Waals surface area contributed by atoms with Gasteiger partial charge in [0.1, 0.15) is 0 Å². The van der Waals surface area contributed by atoms with E-state index < -0.39 is 0 Å². The van der Waals surface area contributed by atoms with Crippen LogP contribution in [0.15, 0.2) is 97.1 Å². The summed E-state index contributed by atoms with van der Waals surface area (Å²) in [6.07, 6.45) is 4.45. The maximum Gasteiger partial charge on any atom is 0.169 e. The quantitative estimate of drug-likeness (QED) is 0.559. The van der Waals surface area contributed by atoms with Crippen LogP contribution in [0.25, 0.3) is 6.08 Å². The Balaban J connectivity index is 1.33. The first-order valence-electron chi connectivity index (χ1n) is 10.9. The lowest BCUT2D eigenvalue weighted by Gasteiger charge is -2.37. The van der Waals surface area contributed by atoms with Gasteiger partial charge in [0.2, 0.25) is 0 Å². The van der Waals surface area contributed by atoms with Crippen LogP contribution in [-0.4, -0.2) is 47.6 Å². The second-order valence-electron chi connectivity index (χ2n) is 7.80. The third-order valence-corrected chi connectivity index (χ3v) is 6.04. The van der Waals surface area contributed by atoms with Crippen molar-refractivity contribution in [2.75, 3.05) is 32.7 Å². The molecule has 0 aromatic heterocycles. The number of nitrogens with one attached hydrogen (secondary N) is 1. The van der Waals surface area contributed by atoms with Crippen molar-refractivity contribution >= 4 is 23.4 Å². The highest BCUT2D eigenvalue weighted by atomic mass is 32.1. The molecule has 0 bridgehead atoms. The fraction of sp³-hybridized carbons (Fsp3) is 0.222. The van der Waals surface area contributed by atoms with E-state index in [9.17, 15) is 0 Å². The number of hydrogen-bond donors (Lipinski definition) is 1. The lowest BCUT2D eigenvalue weighted by Crippen LogP contribution is -2.52. The van der Waals surface area contributed by atoms with Crippen molar-refractivity contribution in [3.05, 3.63) is 114 Å². The Kier molecular flexibility index (Phi) is 7.48. The largest absolute Gasteiger partial charge is 0.352 e. The van der Waals surface area contributed by atoms with Gasteiger partial charge >= 0.3 is 0 Å². The predicted octanol–water partition coefficient (Wildman–Crippen LogP) is 4.98. The first-order chi connectivity index (χ1) is 15.3. The molecule has 3 nitrogen and oxygen atoms in total. The Hall–Kier alpha value is -2.95. The molecule has 1 N–H and O–H groups in total. The van der Waals surface area contributed by atoms with Gasteiger partial charge in [0.15, 0.2) is 5.11 Å². The number of piperazine rings is 1. The maximum atomic E-state index is 5.82. The van der Waals surface area contributed by atoms with Crippen LogP contribution in [-0.2, 0) is 0 Å². The van der Waals surface area contributed by atoms with Gasteiger partial charge in [-0.1, -0.05) is 103 Å². The van der Waals surface area contributed by atoms with E-state index in [2.05, 4.69) is 112 Å². The lowest BCUT2D eigenvalue weighted by atomic mass is 9.99. The van der Waals surface area contributed by atoms with Crippen LogP contribution in [0.5, 0.6) is 0 Å². The normalized spacial score (nSPS) is 14.8. The molecule has 4 heteroatoms. The first kappa shape index (κ1) is 21.3. The van der Waals surface area contributed by atoms with Crippen molar-refractivity contribution in [3.63, 3.8) is 0 Å². The van der Waals surface area contributed by atoms with E-state index >= 15 is 0 Å². The Bertz CT molecular complexity index is 926. The highest BCUT2D eigenvalue weighted by Crippen LogP contribution is 2.22. The van der Waals surface area contributed by atoms with Crippen molar-refractivity contribution < 1.29 is 0 Å². The molecule has 1 fully saturated rings. The van der Waals surface area contributed by atoms with Gasteiger partial charge in [-0.2, -0.15) is 0 Å². The molecule has 1 aliphatic rings. The molecule has 0 radical (unpaired) electrons. The first-order valence-corrected chi connectivity index (χ1v) is 11.3. The third-order valence-electron chi connectivity index (χ3n) is 5.67. The molecule has 0 atom stereocenters. The summed E-state index contributed by atoms with van der Waals surface area (Å²) in [5.74, 6) is 0. The van der Waals surface area contributed by atoms with Crippen LogP contribution in [0.2, 0.25) is 0 Å². The van der Waals surface area contributed by atoms with Crippen molar-refractivity contribution in [3.8, 4) is 0 Å². The third kappa shape index (κ3) is 6.03. The molecule has 0 aliphatic carbocycles. The lowest BCUT2D eigenvalue weighted by molar-refractivity contribution is 0.196. The molecule has 3 aromatic rings. The van der Waals surface area contributed by atoms with Crippen LogP contribution in [0.1, 0.15) is 22.7 Å². The highest BCUT2D eigenvalue weighted by Gasteiger charge is 2.21. The van der Waals surface area contributed by atoms with Gasteiger partial charge in [-0.3, -0.25) is 4.90 Å². The minimum absolute atomic E-state index is 0.0572. The van der Waals surface area contributed by atoms with Crippen molar-refractivity contribution in [1.82, 2.24) is 15.1 Å². The minimum atomic E-state index is 0.0572. The average molecular weight is 428 g/mol. The highest BCUT2D eigenvalue weighted by molar-refractivity contribution is 7.80. The Morgan fingerprint density at radius 3 is 1.84 bits per heavy atom. The molecule has 0 saturated carbocycles. The van der Waals surface area contributed by atoms with Gasteiger partial charge in [0.05, 0.1) is 6.04 Å². The van der Waals surface area contributed by atoms with Crippen LogP contribution < -0.4 is 5.32 Å². The summed E-state index contributed by atoms with van der Waals surface area (Å²) >= 11 is 5.82. The molecule has 4 rings (SSSR count). The van der Waals surface area contributed by atoms with Gasteiger partial charge in [0.25, 0.3) is 0 Å². The Labute approximate surface area is 191 Å². The van der Waals surface area contributed by atoms with Crippen LogP contribution in [0.4, 0.5) is 0 Å². The average Bonchev–Trinajstić information content (AvgIpc) is 2.84. The molecule has 0 unspecified atom stereocenters. The van der Waals surface area contributed by atoms with E-state index in [1.165, 1.54) is 16.7 Å². The van der Waals surface area contributed by atoms with Gasteiger partial charge in [0, 0.05) is 32.7 Å². The minimum Gasteiger partial charge on any atom is -0.352 e. The van der Waals surface area contributed by atoms with E-state index in [1.54, 1.807) is 0 Å². The van der Waals surface area contributed by atoms with Crippen LogP contribution in [0, 0.1) is 0 Å². The van der Waals surface area contributed by atoms with E-state index in [0.717, 1.165) is 37.8 Å². The van der Waals surface area contributed by atoms with Gasteiger partial charge in [-0.15, -0.1) is 0 Å². The van der Waals surface area contributed by atoms with E-state index in [1.807, 2.05) is 6.07 Å². The molecule has 0 spiro atoms. The molecule has 158 valence electrons. The summed E-state index contributed by atoms with van der Waals surface area (Å²) in [5, 5.41) is 4.45. The monoisotopic (exact) mass is 427 g/mol. The van der Waals surface area contributed by atoms with E-state index in [0.29, 0.717) is 0 Å². The van der Waals surface area contributed by atoms with Gasteiger partial charge in [-0.25, -0.2) is 0 Å². The molecule has 0 amide bonds. The molecule has 3 aromatic carbocycles. The summed E-state index contributed by atoms with van der Waals surface area (Å²) in [5.41, 5.74) is 3.70. The van der Waals surface area contributed by atoms with Gasteiger partial charge < -0.3 is 10.2 Å². The molecular weight excluding hydrogens is 398 g/mol. The molecule has 31 heavy (non-hydrogen) atoms. The zero-order valence-corrected chi connectivity index (χ0v) is 18.5. The number of benzene rings is 3. The topological polar surface area (TPSA) is 18.5 Å². The van der Waals surface area contributed by atoms with Crippen LogP contribution in [0.3, 0.4) is 0 Å². The molecule has 1 heterocycles. The number of thiocarbonyl (C=S) groups is 1. The van der Waals surface area contributed by atoms with Gasteiger partial charge in [-0.05, 0) is 28.9 Å². The molecular formula is C27H29N3S. The van der Waals surface area contributed by atoms with Crippen molar-refractivity contribution in [2.45, 2.75) is 6.04 Å². The fourth-order valence-corrected chi connectivity index (χ4v) is 4.20. The number of rotatable bonds is 6. The summed E-state index contributed by atoms with van der Waals surface area (Å²) in [6.45, 7) is 4.90. The summed E-state index contributed by atoms with van der Waals surface area (Å²) in [6, 6.07) is 31.6. The molecule has 1 aliphatic heterocycles. The van der Waals surface area contributed by atoms with Crippen molar-refractivity contribution in [1.29, 1.82) is 0 Å². The number of nitrogens with zero attached hydrogens (tertiary/aromatic N) is 2. The summed E-state index contributed by atoms with van der Waals surface area (Å²) < 4.78 is 0. The second kappa shape index (κ2) is 10.9. The van der Waals surface area contributed by atoms with E-state index in [4.69, 9.17) is 12.2 Å². The maximum absolute atomic E-state index is 5.82. The van der Waals surface area contributed by atoms with Crippen molar-refractivity contribution in [2.24, 2.45) is 0 Å². The second-order valence-corrected chi connectivity index (χ2v) is 8.19. The Morgan fingerprint density at radius 2 is 1.29 bits per heavy atom. The Morgan fingerprint density at radius 1 is 0.774 bits per heavy atom. The van der Waals surface area contributed by atoms with E-state index in [-0.39, 0.29) is 6.04 Å². The summed E-state index contributed by atoms with van der Waals surface area (Å²) in [7, 11) is 0. The zero-order chi connectivity index (χ0) is 21.3. The zero-order valence-electron chi connectivity index (χ0n) is 17.7. The predicted molar refractivity (Wildman–Crippen MR) is 134 cm³/mol. The standard InChI is InChI=1S/C27H29N3S/c31-27(28-26(24-14-6-2-7-15-24)25-16-8-3-9-17-25)30-21-19-29(20-22-30)18-10-13-23-11-4-1-5-12-23/h1-17,26H,18-22H2,(H,28,31)/b13-10-. The molecule has 1 saturated heterocycles. The fourth-order valence-electron chi connectivity index (χ4n) is 3.90. The van der Waals surface area contributed by atoms with Crippen LogP contribution >= 0.6 is 12.2 Å².